The molecular formula is C21H19ClN2O5. The summed E-state index contributed by atoms with van der Waals surface area (Å²) < 4.78 is 17.0. The summed E-state index contributed by atoms with van der Waals surface area (Å²) in [4.78, 5) is 27.4. The number of urea groups is 1. The molecule has 150 valence electrons. The van der Waals surface area contributed by atoms with Crippen LogP contribution in [0.4, 0.5) is 4.79 Å². The predicted molar refractivity (Wildman–Crippen MR) is 104 cm³/mol. The molecule has 2 aromatic carbocycles. The van der Waals surface area contributed by atoms with Crippen molar-refractivity contribution < 1.29 is 23.8 Å². The van der Waals surface area contributed by atoms with Crippen LogP contribution in [0.5, 0.6) is 17.2 Å². The number of nitrogens with zero attached hydrogens (tertiary/aromatic N) is 1. The summed E-state index contributed by atoms with van der Waals surface area (Å²) in [6.07, 6.45) is 1.14. The molecule has 3 aliphatic rings. The fraction of sp³-hybridized carbons (Fsp3) is 0.333. The molecule has 1 N–H and O–H groups in total. The van der Waals surface area contributed by atoms with Crippen LogP contribution in [0.1, 0.15) is 24.0 Å². The Balaban J connectivity index is 1.47. The highest BCUT2D eigenvalue weighted by atomic mass is 35.5. The van der Waals surface area contributed by atoms with Crippen LogP contribution in [-0.4, -0.2) is 36.7 Å². The maximum Gasteiger partial charge on any atom is 0.325 e. The second kappa shape index (κ2) is 6.84. The van der Waals surface area contributed by atoms with E-state index in [9.17, 15) is 9.59 Å². The van der Waals surface area contributed by atoms with Crippen LogP contribution in [0.3, 0.4) is 0 Å². The van der Waals surface area contributed by atoms with Gasteiger partial charge < -0.3 is 19.5 Å². The number of nitrogens with one attached hydrogen (secondary N) is 1. The number of hydrogen-bond acceptors (Lipinski definition) is 5. The number of carbonyl (C=O) groups excluding carboxylic acids is 2. The molecule has 0 saturated carbocycles. The lowest BCUT2D eigenvalue weighted by Gasteiger charge is -2.33. The quantitative estimate of drug-likeness (QED) is 0.763. The summed E-state index contributed by atoms with van der Waals surface area (Å²) in [5, 5.41) is 3.30. The Bertz CT molecular complexity index is 1010. The predicted octanol–water partition coefficient (Wildman–Crippen LogP) is 3.23. The molecule has 0 bridgehead atoms. The Hall–Kier alpha value is -2.93. The molecule has 3 amide bonds. The fourth-order valence-electron chi connectivity index (χ4n) is 4.07. The number of amides is 3. The summed E-state index contributed by atoms with van der Waals surface area (Å²) in [6.45, 7) is 1.50. The van der Waals surface area contributed by atoms with Gasteiger partial charge in [-0.05, 0) is 23.8 Å². The van der Waals surface area contributed by atoms with E-state index in [4.69, 9.17) is 25.8 Å². The lowest BCUT2D eigenvalue weighted by atomic mass is 9.84. The van der Waals surface area contributed by atoms with E-state index >= 15 is 0 Å². The molecule has 0 aliphatic carbocycles. The van der Waals surface area contributed by atoms with E-state index in [1.807, 2.05) is 24.3 Å². The van der Waals surface area contributed by atoms with Gasteiger partial charge >= 0.3 is 6.03 Å². The first kappa shape index (κ1) is 18.1. The van der Waals surface area contributed by atoms with Crippen molar-refractivity contribution >= 4 is 23.5 Å². The van der Waals surface area contributed by atoms with Gasteiger partial charge in [0.2, 0.25) is 0 Å². The molecule has 8 heteroatoms. The topological polar surface area (TPSA) is 77.1 Å². The van der Waals surface area contributed by atoms with Gasteiger partial charge in [0.15, 0.2) is 17.0 Å². The molecule has 7 nitrogen and oxygen atoms in total. The number of ether oxygens (including phenoxy) is 3. The van der Waals surface area contributed by atoms with Gasteiger partial charge in [-0.3, -0.25) is 9.69 Å². The third-order valence-corrected chi connectivity index (χ3v) is 5.74. The fourth-order valence-corrected chi connectivity index (χ4v) is 4.36. The van der Waals surface area contributed by atoms with Crippen molar-refractivity contribution in [2.75, 3.05) is 19.8 Å². The van der Waals surface area contributed by atoms with Gasteiger partial charge in [-0.25, -0.2) is 4.79 Å². The molecule has 1 saturated heterocycles. The van der Waals surface area contributed by atoms with Crippen molar-refractivity contribution in [3.8, 4) is 17.2 Å². The second-order valence-electron chi connectivity index (χ2n) is 7.28. The minimum atomic E-state index is -1.10. The highest BCUT2D eigenvalue weighted by molar-refractivity contribution is 6.32. The molecule has 1 fully saturated rings. The zero-order chi connectivity index (χ0) is 20.0. The van der Waals surface area contributed by atoms with Crippen molar-refractivity contribution in [1.29, 1.82) is 0 Å². The van der Waals surface area contributed by atoms with E-state index in [1.165, 1.54) is 4.90 Å². The van der Waals surface area contributed by atoms with Gasteiger partial charge in [0.1, 0.15) is 5.75 Å². The molecule has 3 heterocycles. The summed E-state index contributed by atoms with van der Waals surface area (Å²) >= 11 is 6.36. The molecule has 29 heavy (non-hydrogen) atoms. The van der Waals surface area contributed by atoms with Crippen molar-refractivity contribution in [3.05, 3.63) is 52.5 Å². The van der Waals surface area contributed by atoms with E-state index in [1.54, 1.807) is 12.1 Å². The smallest absolute Gasteiger partial charge is 0.325 e. The minimum absolute atomic E-state index is 0.0891. The van der Waals surface area contributed by atoms with E-state index in [-0.39, 0.29) is 12.5 Å². The number of imide groups is 1. The molecule has 0 aromatic heterocycles. The Morgan fingerprint density at radius 3 is 2.72 bits per heavy atom. The first-order chi connectivity index (χ1) is 14.1. The number of fused-ring (bicyclic) bond motifs is 3. The van der Waals surface area contributed by atoms with Crippen LogP contribution in [0.2, 0.25) is 5.02 Å². The van der Waals surface area contributed by atoms with Crippen LogP contribution in [0, 0.1) is 0 Å². The standard InChI is InChI=1S/C21H19ClN2O5/c22-15-10-13(11-17-18(15)29-8-3-7-27-17)12-24-19(25)21(23-20(24)26)6-9-28-16-5-2-1-4-14(16)21/h1-2,4-5,10-11H,3,6-9,12H2,(H,23,26)/t21-/m1/s1. The van der Waals surface area contributed by atoms with Crippen LogP contribution in [0.25, 0.3) is 0 Å². The first-order valence-corrected chi connectivity index (χ1v) is 9.91. The molecule has 5 rings (SSSR count). The van der Waals surface area contributed by atoms with Crippen LogP contribution >= 0.6 is 11.6 Å². The Labute approximate surface area is 172 Å². The van der Waals surface area contributed by atoms with Crippen molar-refractivity contribution in [3.63, 3.8) is 0 Å². The van der Waals surface area contributed by atoms with Crippen LogP contribution in [-0.2, 0) is 16.9 Å². The normalized spacial score (nSPS) is 22.7. The van der Waals surface area contributed by atoms with Crippen molar-refractivity contribution in [2.24, 2.45) is 0 Å². The molecule has 3 aliphatic heterocycles. The van der Waals surface area contributed by atoms with Gasteiger partial charge in [-0.2, -0.15) is 0 Å². The lowest BCUT2D eigenvalue weighted by molar-refractivity contribution is -0.133. The average Bonchev–Trinajstić information content (AvgIpc) is 2.89. The highest BCUT2D eigenvalue weighted by Crippen LogP contribution is 2.42. The second-order valence-corrected chi connectivity index (χ2v) is 7.68. The van der Waals surface area contributed by atoms with Gasteiger partial charge in [0.05, 0.1) is 31.4 Å². The van der Waals surface area contributed by atoms with E-state index in [2.05, 4.69) is 5.32 Å². The van der Waals surface area contributed by atoms with Crippen LogP contribution in [0.15, 0.2) is 36.4 Å². The van der Waals surface area contributed by atoms with Crippen LogP contribution < -0.4 is 19.5 Å². The van der Waals surface area contributed by atoms with Gasteiger partial charge in [0.25, 0.3) is 5.91 Å². The number of benzene rings is 2. The average molecular weight is 415 g/mol. The van der Waals surface area contributed by atoms with Crippen molar-refractivity contribution in [1.82, 2.24) is 10.2 Å². The maximum atomic E-state index is 13.4. The molecular weight excluding hydrogens is 396 g/mol. The zero-order valence-electron chi connectivity index (χ0n) is 15.6. The first-order valence-electron chi connectivity index (χ1n) is 9.53. The number of rotatable bonds is 2. The number of hydrogen-bond donors (Lipinski definition) is 1. The van der Waals surface area contributed by atoms with E-state index < -0.39 is 11.6 Å². The number of halogens is 1. The van der Waals surface area contributed by atoms with Gasteiger partial charge in [0, 0.05) is 18.4 Å². The summed E-state index contributed by atoms with van der Waals surface area (Å²) in [7, 11) is 0. The third-order valence-electron chi connectivity index (χ3n) is 5.46. The summed E-state index contributed by atoms with van der Waals surface area (Å²) in [6, 6.07) is 10.4. The minimum Gasteiger partial charge on any atom is -0.493 e. The molecule has 0 radical (unpaired) electrons. The summed E-state index contributed by atoms with van der Waals surface area (Å²) in [5.41, 5.74) is 0.282. The number of para-hydroxylation sites is 1. The highest BCUT2D eigenvalue weighted by Gasteiger charge is 2.54. The SMILES string of the molecule is O=C1N[C@@]2(CCOc3ccccc32)C(=O)N1Cc1cc(Cl)c2c(c1)OCCCO2. The largest absolute Gasteiger partial charge is 0.493 e. The Morgan fingerprint density at radius 2 is 1.83 bits per heavy atom. The zero-order valence-corrected chi connectivity index (χ0v) is 16.3. The molecule has 1 spiro atoms. The molecule has 0 unspecified atom stereocenters. The monoisotopic (exact) mass is 414 g/mol. The Morgan fingerprint density at radius 1 is 1.03 bits per heavy atom. The molecule has 1 atom stereocenters. The maximum absolute atomic E-state index is 13.4. The Kier molecular flexibility index (Phi) is 4.28. The number of carbonyl (C=O) groups is 2. The third kappa shape index (κ3) is 2.88. The van der Waals surface area contributed by atoms with E-state index in [0.29, 0.717) is 59.6 Å². The van der Waals surface area contributed by atoms with E-state index in [0.717, 1.165) is 6.42 Å². The van der Waals surface area contributed by atoms with Crippen molar-refractivity contribution in [2.45, 2.75) is 24.9 Å². The van der Waals surface area contributed by atoms with Gasteiger partial charge in [-0.1, -0.05) is 29.8 Å². The lowest BCUT2D eigenvalue weighted by Crippen LogP contribution is -2.47. The molecule has 2 aromatic rings. The van der Waals surface area contributed by atoms with Gasteiger partial charge in [-0.15, -0.1) is 0 Å². The summed E-state index contributed by atoms with van der Waals surface area (Å²) in [5.74, 6) is 1.36.